The molecule has 0 spiro atoms. The Morgan fingerprint density at radius 2 is 1.97 bits per heavy atom. The fraction of sp³-hybridized carbons (Fsp3) is 0.480. The van der Waals surface area contributed by atoms with Gasteiger partial charge < -0.3 is 14.5 Å². The van der Waals surface area contributed by atoms with E-state index in [-0.39, 0.29) is 17.1 Å². The van der Waals surface area contributed by atoms with Crippen molar-refractivity contribution in [3.63, 3.8) is 0 Å². The lowest BCUT2D eigenvalue weighted by Gasteiger charge is -2.26. The zero-order valence-electron chi connectivity index (χ0n) is 21.9. The van der Waals surface area contributed by atoms with Crippen LogP contribution in [0.1, 0.15) is 26.7 Å². The molecule has 210 valence electrons. The summed E-state index contributed by atoms with van der Waals surface area (Å²) in [4.78, 5) is 18.8. The van der Waals surface area contributed by atoms with Gasteiger partial charge in [0.1, 0.15) is 17.6 Å². The molecule has 1 aromatic carbocycles. The Balaban J connectivity index is 1.58. The van der Waals surface area contributed by atoms with Gasteiger partial charge in [-0.15, -0.1) is 10.2 Å². The Labute approximate surface area is 234 Å². The van der Waals surface area contributed by atoms with Gasteiger partial charge in [-0.25, -0.2) is 22.3 Å². The molecule has 1 fully saturated rings. The molecule has 0 bridgehead atoms. The molecule has 39 heavy (non-hydrogen) atoms. The molecule has 0 saturated carbocycles. The summed E-state index contributed by atoms with van der Waals surface area (Å²) >= 11 is 3.70. The lowest BCUT2D eigenvalue weighted by Crippen LogP contribution is -2.41. The number of hydrogen-bond donors (Lipinski definition) is 2. The minimum absolute atomic E-state index is 0.118. The predicted octanol–water partition coefficient (Wildman–Crippen LogP) is 2.61. The molecule has 0 amide bonds. The van der Waals surface area contributed by atoms with E-state index in [1.807, 2.05) is 13.8 Å². The third kappa shape index (κ3) is 5.48. The maximum absolute atomic E-state index is 13.3. The number of aromatic nitrogens is 5. The highest BCUT2D eigenvalue weighted by atomic mass is 79.9. The van der Waals surface area contributed by atoms with Crippen molar-refractivity contribution in [3.8, 4) is 17.0 Å². The van der Waals surface area contributed by atoms with Gasteiger partial charge in [0.25, 0.3) is 0 Å². The second-order valence-electron chi connectivity index (χ2n) is 9.35. The van der Waals surface area contributed by atoms with Crippen molar-refractivity contribution in [1.82, 2.24) is 33.8 Å². The van der Waals surface area contributed by atoms with E-state index in [4.69, 9.17) is 9.47 Å². The van der Waals surface area contributed by atoms with Gasteiger partial charge in [0.15, 0.2) is 5.65 Å². The lowest BCUT2D eigenvalue weighted by molar-refractivity contribution is 0.0390. The molecule has 12 nitrogen and oxygen atoms in total. The topological polar surface area (TPSA) is 136 Å². The number of aryl methyl sites for hydroxylation is 1. The molecule has 4 heterocycles. The number of halogens is 1. The molecule has 5 rings (SSSR count). The zero-order chi connectivity index (χ0) is 27.6. The van der Waals surface area contributed by atoms with Gasteiger partial charge in [0.2, 0.25) is 10.0 Å². The predicted molar refractivity (Wildman–Crippen MR) is 151 cm³/mol. The molecule has 0 unspecified atom stereocenters. The van der Waals surface area contributed by atoms with Crippen molar-refractivity contribution < 1.29 is 17.9 Å². The molecular formula is C25H32BrN7O5S. The third-order valence-corrected chi connectivity index (χ3v) is 8.89. The van der Waals surface area contributed by atoms with Crippen molar-refractivity contribution in [2.24, 2.45) is 0 Å². The van der Waals surface area contributed by atoms with E-state index in [1.165, 1.54) is 10.7 Å². The Hall–Kier alpha value is -2.78. The quantitative estimate of drug-likeness (QED) is 0.261. The van der Waals surface area contributed by atoms with E-state index >= 15 is 0 Å². The number of benzene rings is 1. The van der Waals surface area contributed by atoms with Gasteiger partial charge >= 0.3 is 5.69 Å². The molecular weight excluding hydrogens is 590 g/mol. The van der Waals surface area contributed by atoms with Gasteiger partial charge in [-0.05, 0) is 47.0 Å². The molecule has 0 aliphatic carbocycles. The van der Waals surface area contributed by atoms with Gasteiger partial charge in [-0.3, -0.25) is 9.47 Å². The number of hydrogen-bond acceptors (Lipinski definition) is 8. The van der Waals surface area contributed by atoms with Crippen LogP contribution in [0.2, 0.25) is 0 Å². The molecule has 4 aromatic rings. The fourth-order valence-corrected chi connectivity index (χ4v) is 6.50. The van der Waals surface area contributed by atoms with E-state index in [2.05, 4.69) is 40.7 Å². The summed E-state index contributed by atoms with van der Waals surface area (Å²) in [5, 5.41) is 8.09. The monoisotopic (exact) mass is 621 g/mol. The van der Waals surface area contributed by atoms with Gasteiger partial charge in [0.05, 0.1) is 40.4 Å². The number of nitrogens with one attached hydrogen (secondary N) is 2. The van der Waals surface area contributed by atoms with Crippen molar-refractivity contribution in [2.45, 2.75) is 38.1 Å². The second-order valence-corrected chi connectivity index (χ2v) is 11.9. The van der Waals surface area contributed by atoms with E-state index in [9.17, 15) is 13.2 Å². The Kier molecular flexibility index (Phi) is 8.38. The largest absolute Gasteiger partial charge is 0.493 e. The molecule has 14 heteroatoms. The van der Waals surface area contributed by atoms with E-state index < -0.39 is 10.0 Å². The van der Waals surface area contributed by atoms with Crippen LogP contribution in [0, 0.1) is 0 Å². The molecule has 3 aromatic heterocycles. The number of rotatable bonds is 11. The average molecular weight is 623 g/mol. The van der Waals surface area contributed by atoms with Gasteiger partial charge in [-0.1, -0.05) is 13.8 Å². The van der Waals surface area contributed by atoms with Crippen LogP contribution in [0.25, 0.3) is 27.9 Å². The molecule has 0 radical (unpaired) electrons. The highest BCUT2D eigenvalue weighted by Crippen LogP contribution is 2.40. The fourth-order valence-electron chi connectivity index (χ4n) is 4.73. The van der Waals surface area contributed by atoms with E-state index in [0.717, 1.165) is 25.9 Å². The smallest absolute Gasteiger partial charge is 0.335 e. The summed E-state index contributed by atoms with van der Waals surface area (Å²) in [7, 11) is -3.80. The Morgan fingerprint density at radius 3 is 2.72 bits per heavy atom. The van der Waals surface area contributed by atoms with Crippen LogP contribution >= 0.6 is 15.9 Å². The van der Waals surface area contributed by atoms with Crippen molar-refractivity contribution in [1.29, 1.82) is 0 Å². The number of aromatic amines is 1. The SMILES string of the molecule is CCCOc1ccc(S(=O)(=O)NCCN2CCOCC2)cc1-c1[nH]c2c(c1Br)n(CCC)c(=O)n1cnnc21. The maximum Gasteiger partial charge on any atom is 0.335 e. The number of H-pyrrole nitrogens is 1. The zero-order valence-corrected chi connectivity index (χ0v) is 24.3. The van der Waals surface area contributed by atoms with Gasteiger partial charge in [0, 0.05) is 38.3 Å². The average Bonchev–Trinajstić information content (AvgIpc) is 3.56. The summed E-state index contributed by atoms with van der Waals surface area (Å²) in [6, 6.07) is 4.82. The van der Waals surface area contributed by atoms with Crippen LogP contribution in [0.15, 0.2) is 38.7 Å². The van der Waals surface area contributed by atoms with Crippen molar-refractivity contribution >= 4 is 42.6 Å². The minimum Gasteiger partial charge on any atom is -0.493 e. The first-order valence-electron chi connectivity index (χ1n) is 13.1. The summed E-state index contributed by atoms with van der Waals surface area (Å²) in [6.45, 7) is 8.71. The van der Waals surface area contributed by atoms with Crippen molar-refractivity contribution in [2.75, 3.05) is 46.0 Å². The summed E-state index contributed by atoms with van der Waals surface area (Å²) in [5.74, 6) is 0.526. The van der Waals surface area contributed by atoms with Crippen LogP contribution in [0.5, 0.6) is 5.75 Å². The first-order chi connectivity index (χ1) is 18.9. The summed E-state index contributed by atoms with van der Waals surface area (Å²) in [5.41, 5.74) is 2.52. The van der Waals surface area contributed by atoms with Crippen LogP contribution in [0.3, 0.4) is 0 Å². The van der Waals surface area contributed by atoms with Crippen LogP contribution in [-0.2, 0) is 21.3 Å². The molecule has 0 atom stereocenters. The maximum atomic E-state index is 13.3. The van der Waals surface area contributed by atoms with Crippen LogP contribution < -0.4 is 15.1 Å². The first-order valence-corrected chi connectivity index (χ1v) is 15.3. The molecule has 1 saturated heterocycles. The number of sulfonamides is 1. The standard InChI is InChI=1S/C25H32BrN7O5S/c1-3-8-32-23-20(26)21(29-22(23)24-30-27-16-33(24)25(32)34)18-15-17(5-6-19(18)38-12-4-2)39(35,36)28-7-9-31-10-13-37-14-11-31/h5-6,15-16,28-29H,3-4,7-14H2,1-2H3. The Morgan fingerprint density at radius 1 is 1.18 bits per heavy atom. The van der Waals surface area contributed by atoms with Crippen LogP contribution in [-0.4, -0.2) is 83.5 Å². The summed E-state index contributed by atoms with van der Waals surface area (Å²) < 4.78 is 44.3. The minimum atomic E-state index is -3.80. The second kappa shape index (κ2) is 11.8. The molecule has 1 aliphatic heterocycles. The third-order valence-electron chi connectivity index (χ3n) is 6.66. The van der Waals surface area contributed by atoms with Crippen LogP contribution in [0.4, 0.5) is 0 Å². The van der Waals surface area contributed by atoms with E-state index in [0.29, 0.717) is 71.1 Å². The van der Waals surface area contributed by atoms with Crippen molar-refractivity contribution in [3.05, 3.63) is 39.5 Å². The number of nitrogens with zero attached hydrogens (tertiary/aromatic N) is 5. The van der Waals surface area contributed by atoms with Gasteiger partial charge in [-0.2, -0.15) is 0 Å². The normalized spacial score (nSPS) is 14.9. The Bertz CT molecular complexity index is 1640. The van der Waals surface area contributed by atoms with E-state index in [1.54, 1.807) is 22.8 Å². The number of morpholine rings is 1. The highest BCUT2D eigenvalue weighted by Gasteiger charge is 2.24. The number of ether oxygens (including phenoxy) is 2. The molecule has 2 N–H and O–H groups in total. The first kappa shape index (κ1) is 27.8. The summed E-state index contributed by atoms with van der Waals surface area (Å²) in [6.07, 6.45) is 2.92. The number of fused-ring (bicyclic) bond motifs is 3. The lowest BCUT2D eigenvalue weighted by atomic mass is 10.1. The highest BCUT2D eigenvalue weighted by molar-refractivity contribution is 9.10. The molecule has 1 aliphatic rings.